The van der Waals surface area contributed by atoms with Crippen molar-refractivity contribution in [1.29, 1.82) is 0 Å². The lowest BCUT2D eigenvalue weighted by molar-refractivity contribution is -0.132. The van der Waals surface area contributed by atoms with Crippen LogP contribution in [0.3, 0.4) is 0 Å². The summed E-state index contributed by atoms with van der Waals surface area (Å²) in [6.45, 7) is 5.01. The number of carbonyl (C=O) groups is 1. The average molecular weight is 273 g/mol. The first-order valence-corrected chi connectivity index (χ1v) is 7.73. The molecule has 0 spiro atoms. The Bertz CT molecular complexity index is 462. The highest BCUT2D eigenvalue weighted by atomic mass is 16.2. The highest BCUT2D eigenvalue weighted by Crippen LogP contribution is 2.32. The number of hydrogen-bond acceptors (Lipinski definition) is 3. The molecule has 4 nitrogen and oxygen atoms in total. The smallest absolute Gasteiger partial charge is 0.222 e. The maximum atomic E-state index is 12.1. The van der Waals surface area contributed by atoms with E-state index in [0.717, 1.165) is 44.6 Å². The van der Waals surface area contributed by atoms with Crippen LogP contribution in [-0.4, -0.2) is 45.9 Å². The summed E-state index contributed by atoms with van der Waals surface area (Å²) in [6, 6.07) is 7.07. The molecule has 0 radical (unpaired) electrons. The molecule has 0 aliphatic carbocycles. The number of pyridine rings is 1. The van der Waals surface area contributed by atoms with Crippen LogP contribution in [0.2, 0.25) is 0 Å². The summed E-state index contributed by atoms with van der Waals surface area (Å²) >= 11 is 0. The Hall–Kier alpha value is -1.42. The molecule has 0 N–H and O–H groups in total. The largest absolute Gasteiger partial charge is 0.338 e. The number of carbonyl (C=O) groups excluding carboxylic acids is 1. The van der Waals surface area contributed by atoms with Crippen molar-refractivity contribution in [2.75, 3.05) is 13.1 Å². The van der Waals surface area contributed by atoms with Gasteiger partial charge in [-0.1, -0.05) is 13.0 Å². The van der Waals surface area contributed by atoms with Crippen molar-refractivity contribution in [3.63, 3.8) is 0 Å². The van der Waals surface area contributed by atoms with E-state index >= 15 is 0 Å². The summed E-state index contributed by atoms with van der Waals surface area (Å²) in [6.07, 6.45) is 5.74. The fourth-order valence-electron chi connectivity index (χ4n) is 3.64. The van der Waals surface area contributed by atoms with E-state index in [1.165, 1.54) is 0 Å². The Balaban J connectivity index is 1.64. The fraction of sp³-hybridized carbons (Fsp3) is 0.625. The molecule has 20 heavy (non-hydrogen) atoms. The summed E-state index contributed by atoms with van der Waals surface area (Å²) in [5, 5.41) is 0. The van der Waals surface area contributed by atoms with Crippen LogP contribution in [0.25, 0.3) is 0 Å². The molecule has 2 aliphatic heterocycles. The number of likely N-dealkylation sites (tertiary alicyclic amines) is 2. The van der Waals surface area contributed by atoms with Gasteiger partial charge in [0.05, 0.1) is 5.69 Å². The minimum Gasteiger partial charge on any atom is -0.338 e. The van der Waals surface area contributed by atoms with Crippen LogP contribution in [0.15, 0.2) is 24.4 Å². The predicted molar refractivity (Wildman–Crippen MR) is 78.1 cm³/mol. The molecule has 108 valence electrons. The molecular formula is C16H23N3O. The van der Waals surface area contributed by atoms with E-state index in [2.05, 4.69) is 27.8 Å². The molecule has 1 aromatic heterocycles. The van der Waals surface area contributed by atoms with Crippen molar-refractivity contribution in [3.8, 4) is 0 Å². The SMILES string of the molecule is CCCC(=O)N1CC[C@@H]2[C@@H]1CCN2Cc1ccccn1. The first kappa shape index (κ1) is 13.6. The summed E-state index contributed by atoms with van der Waals surface area (Å²) in [5.74, 6) is 0.347. The van der Waals surface area contributed by atoms with Crippen LogP contribution >= 0.6 is 0 Å². The molecule has 0 bridgehead atoms. The van der Waals surface area contributed by atoms with E-state index < -0.39 is 0 Å². The Morgan fingerprint density at radius 2 is 2.15 bits per heavy atom. The van der Waals surface area contributed by atoms with Crippen LogP contribution in [-0.2, 0) is 11.3 Å². The van der Waals surface area contributed by atoms with E-state index in [9.17, 15) is 4.79 Å². The van der Waals surface area contributed by atoms with Gasteiger partial charge in [-0.15, -0.1) is 0 Å². The highest BCUT2D eigenvalue weighted by Gasteiger charge is 2.43. The number of amides is 1. The van der Waals surface area contributed by atoms with Gasteiger partial charge >= 0.3 is 0 Å². The topological polar surface area (TPSA) is 36.4 Å². The van der Waals surface area contributed by atoms with Crippen LogP contribution in [0.4, 0.5) is 0 Å². The molecule has 3 rings (SSSR count). The number of rotatable bonds is 4. The standard InChI is InChI=1S/C16H23N3O/c1-2-5-16(20)19-11-8-14-15(19)7-10-18(14)12-13-6-3-4-9-17-13/h3-4,6,9,14-15H,2,5,7-8,10-12H2,1H3/t14-,15+/m1/s1. The van der Waals surface area contributed by atoms with Crippen molar-refractivity contribution in [2.24, 2.45) is 0 Å². The summed E-state index contributed by atoms with van der Waals surface area (Å²) in [5.41, 5.74) is 1.13. The van der Waals surface area contributed by atoms with Crippen molar-refractivity contribution in [2.45, 2.75) is 51.2 Å². The summed E-state index contributed by atoms with van der Waals surface area (Å²) in [4.78, 5) is 21.2. The van der Waals surface area contributed by atoms with Gasteiger partial charge in [0.2, 0.25) is 5.91 Å². The van der Waals surface area contributed by atoms with Crippen LogP contribution in [0, 0.1) is 0 Å². The van der Waals surface area contributed by atoms with Crippen LogP contribution in [0.1, 0.15) is 38.3 Å². The van der Waals surface area contributed by atoms with E-state index in [4.69, 9.17) is 0 Å². The van der Waals surface area contributed by atoms with Crippen LogP contribution in [0.5, 0.6) is 0 Å². The predicted octanol–water partition coefficient (Wildman–Crippen LogP) is 2.06. The second-order valence-corrected chi connectivity index (χ2v) is 5.84. The minimum absolute atomic E-state index is 0.347. The van der Waals surface area contributed by atoms with E-state index in [-0.39, 0.29) is 0 Å². The molecule has 3 heterocycles. The van der Waals surface area contributed by atoms with Crippen molar-refractivity contribution in [3.05, 3.63) is 30.1 Å². The maximum Gasteiger partial charge on any atom is 0.222 e. The second-order valence-electron chi connectivity index (χ2n) is 5.84. The molecule has 2 saturated heterocycles. The molecule has 0 saturated carbocycles. The number of fused-ring (bicyclic) bond motifs is 1. The normalized spacial score (nSPS) is 25.9. The van der Waals surface area contributed by atoms with Gasteiger partial charge in [0.25, 0.3) is 0 Å². The van der Waals surface area contributed by atoms with E-state index in [1.807, 2.05) is 18.3 Å². The monoisotopic (exact) mass is 273 g/mol. The molecule has 2 aliphatic rings. The zero-order chi connectivity index (χ0) is 13.9. The Kier molecular flexibility index (Phi) is 4.01. The van der Waals surface area contributed by atoms with Gasteiger partial charge in [-0.05, 0) is 31.4 Å². The Morgan fingerprint density at radius 3 is 2.90 bits per heavy atom. The number of nitrogens with zero attached hydrogens (tertiary/aromatic N) is 3. The molecule has 0 aromatic carbocycles. The van der Waals surface area contributed by atoms with Gasteiger partial charge in [0.15, 0.2) is 0 Å². The second kappa shape index (κ2) is 5.92. The van der Waals surface area contributed by atoms with Gasteiger partial charge < -0.3 is 4.90 Å². The highest BCUT2D eigenvalue weighted by molar-refractivity contribution is 5.77. The molecule has 2 atom stereocenters. The van der Waals surface area contributed by atoms with Gasteiger partial charge in [-0.2, -0.15) is 0 Å². The first-order chi connectivity index (χ1) is 9.79. The van der Waals surface area contributed by atoms with E-state index in [1.54, 1.807) is 0 Å². The quantitative estimate of drug-likeness (QED) is 0.842. The third-order valence-corrected chi connectivity index (χ3v) is 4.57. The summed E-state index contributed by atoms with van der Waals surface area (Å²) < 4.78 is 0. The zero-order valence-corrected chi connectivity index (χ0v) is 12.2. The van der Waals surface area contributed by atoms with Gasteiger partial charge in [-0.25, -0.2) is 0 Å². The zero-order valence-electron chi connectivity index (χ0n) is 12.2. The molecule has 4 heteroatoms. The first-order valence-electron chi connectivity index (χ1n) is 7.73. The maximum absolute atomic E-state index is 12.1. The summed E-state index contributed by atoms with van der Waals surface area (Å²) in [7, 11) is 0. The lowest BCUT2D eigenvalue weighted by Crippen LogP contribution is -2.39. The van der Waals surface area contributed by atoms with Crippen molar-refractivity contribution in [1.82, 2.24) is 14.8 Å². The molecule has 1 aromatic rings. The Morgan fingerprint density at radius 1 is 1.30 bits per heavy atom. The third kappa shape index (κ3) is 2.57. The lowest BCUT2D eigenvalue weighted by Gasteiger charge is -2.25. The minimum atomic E-state index is 0.347. The Labute approximate surface area is 120 Å². The average Bonchev–Trinajstić information content (AvgIpc) is 3.03. The molecule has 0 unspecified atom stereocenters. The third-order valence-electron chi connectivity index (χ3n) is 4.57. The van der Waals surface area contributed by atoms with Gasteiger partial charge in [0.1, 0.15) is 0 Å². The van der Waals surface area contributed by atoms with Crippen molar-refractivity contribution < 1.29 is 4.79 Å². The van der Waals surface area contributed by atoms with Gasteiger partial charge in [-0.3, -0.25) is 14.7 Å². The van der Waals surface area contributed by atoms with Crippen LogP contribution < -0.4 is 0 Å². The fourth-order valence-corrected chi connectivity index (χ4v) is 3.64. The molecule has 2 fully saturated rings. The number of hydrogen-bond donors (Lipinski definition) is 0. The molecule has 1 amide bonds. The van der Waals surface area contributed by atoms with E-state index in [0.29, 0.717) is 24.4 Å². The van der Waals surface area contributed by atoms with Gasteiger partial charge in [0, 0.05) is 44.3 Å². The lowest BCUT2D eigenvalue weighted by atomic mass is 10.1. The number of aromatic nitrogens is 1. The van der Waals surface area contributed by atoms with Crippen molar-refractivity contribution >= 4 is 5.91 Å². The molecular weight excluding hydrogens is 250 g/mol.